The molecule has 18 heavy (non-hydrogen) atoms. The lowest BCUT2D eigenvalue weighted by atomic mass is 10.1. The van der Waals surface area contributed by atoms with Crippen molar-refractivity contribution in [3.05, 3.63) is 32.9 Å². The number of aromatic nitrogens is 2. The van der Waals surface area contributed by atoms with E-state index < -0.39 is 29.4 Å². The molecule has 2 rings (SSSR count). The van der Waals surface area contributed by atoms with Crippen molar-refractivity contribution in [2.45, 2.75) is 24.8 Å². The zero-order chi connectivity index (χ0) is 13.3. The predicted molar refractivity (Wildman–Crippen MR) is 60.2 cm³/mol. The molecular formula is C10H12FN3O4. The molecule has 7 nitrogen and oxygen atoms in total. The summed E-state index contributed by atoms with van der Waals surface area (Å²) in [5.74, 6) is -1.08. The molecule has 0 aromatic carbocycles. The van der Waals surface area contributed by atoms with E-state index in [1.807, 2.05) is 4.98 Å². The van der Waals surface area contributed by atoms with Crippen molar-refractivity contribution in [3.63, 3.8) is 0 Å². The van der Waals surface area contributed by atoms with Gasteiger partial charge in [-0.1, -0.05) is 0 Å². The molecule has 1 aliphatic heterocycles. The molecule has 0 spiro atoms. The molecule has 1 fully saturated rings. The van der Waals surface area contributed by atoms with E-state index in [0.29, 0.717) is 0 Å². The second-order valence-corrected chi connectivity index (χ2v) is 3.94. The molecule has 98 valence electrons. The number of aliphatic hydroxyl groups excluding tert-OH is 1. The number of hydrogen-bond donors (Lipinski definition) is 2. The molecule has 8 heteroatoms. The largest absolute Gasteiger partial charge is 0.394 e. The number of ether oxygens (including phenoxy) is 1. The molecule has 0 amide bonds. The second kappa shape index (κ2) is 4.83. The summed E-state index contributed by atoms with van der Waals surface area (Å²) in [6.07, 6.45) is -0.308. The number of nitrogens with zero attached hydrogens (tertiary/aromatic N) is 2. The highest BCUT2D eigenvalue weighted by atomic mass is 19.1. The molecule has 2 N–H and O–H groups in total. The minimum absolute atomic E-state index is 0.277. The Kier molecular flexibility index (Phi) is 3.39. The lowest BCUT2D eigenvalue weighted by Gasteiger charge is -2.14. The fraction of sp³-hybridized carbons (Fsp3) is 0.500. The van der Waals surface area contributed by atoms with Crippen LogP contribution in [0.25, 0.3) is 0 Å². The number of H-pyrrole nitrogens is 1. The minimum Gasteiger partial charge on any atom is -0.394 e. The Hall–Kier alpha value is -1.80. The van der Waals surface area contributed by atoms with Crippen LogP contribution in [0.3, 0.4) is 0 Å². The maximum Gasteiger partial charge on any atom is 0.330 e. The van der Waals surface area contributed by atoms with Gasteiger partial charge in [0.05, 0.1) is 18.8 Å². The molecular weight excluding hydrogens is 245 g/mol. The Balaban J connectivity index is 2.34. The number of rotatable bonds is 3. The van der Waals surface area contributed by atoms with Crippen LogP contribution in [-0.2, 0) is 4.74 Å². The first kappa shape index (κ1) is 12.7. The van der Waals surface area contributed by atoms with Crippen molar-refractivity contribution in [2.24, 2.45) is 4.99 Å². The highest BCUT2D eigenvalue weighted by molar-refractivity contribution is 5.24. The summed E-state index contributed by atoms with van der Waals surface area (Å²) in [6, 6.07) is -0.373. The number of halogens is 1. The van der Waals surface area contributed by atoms with Crippen LogP contribution in [-0.4, -0.2) is 40.1 Å². The number of aromatic amines is 1. The highest BCUT2D eigenvalue weighted by Crippen LogP contribution is 2.29. The van der Waals surface area contributed by atoms with Gasteiger partial charge in [-0.3, -0.25) is 19.3 Å². The molecule has 1 aromatic heterocycles. The Morgan fingerprint density at radius 1 is 1.67 bits per heavy atom. The minimum atomic E-state index is -1.08. The summed E-state index contributed by atoms with van der Waals surface area (Å²) < 4.78 is 19.4. The number of nitrogens with one attached hydrogen (secondary N) is 1. The Morgan fingerprint density at radius 3 is 2.94 bits per heavy atom. The van der Waals surface area contributed by atoms with Crippen molar-refractivity contribution in [1.29, 1.82) is 0 Å². The van der Waals surface area contributed by atoms with Gasteiger partial charge >= 0.3 is 5.69 Å². The van der Waals surface area contributed by atoms with Gasteiger partial charge in [-0.15, -0.1) is 0 Å². The smallest absolute Gasteiger partial charge is 0.330 e. The molecule has 0 saturated carbocycles. The maximum absolute atomic E-state index is 13.1. The Labute approximate surface area is 101 Å². The zero-order valence-electron chi connectivity index (χ0n) is 9.38. The van der Waals surface area contributed by atoms with Crippen LogP contribution in [0.2, 0.25) is 0 Å². The average molecular weight is 257 g/mol. The zero-order valence-corrected chi connectivity index (χ0v) is 9.38. The molecule has 3 atom stereocenters. The van der Waals surface area contributed by atoms with Gasteiger partial charge in [0.15, 0.2) is 0 Å². The van der Waals surface area contributed by atoms with E-state index in [1.165, 1.54) is 0 Å². The van der Waals surface area contributed by atoms with Crippen LogP contribution in [0.4, 0.5) is 4.39 Å². The fourth-order valence-electron chi connectivity index (χ4n) is 1.92. The second-order valence-electron chi connectivity index (χ2n) is 3.94. The number of aliphatic imine (C=N–C) groups is 1. The lowest BCUT2D eigenvalue weighted by molar-refractivity contribution is -0.0273. The van der Waals surface area contributed by atoms with Crippen LogP contribution < -0.4 is 11.2 Å². The van der Waals surface area contributed by atoms with Crippen LogP contribution in [0.5, 0.6) is 0 Å². The van der Waals surface area contributed by atoms with Gasteiger partial charge in [0.1, 0.15) is 12.3 Å². The first-order valence-corrected chi connectivity index (χ1v) is 5.30. The fourth-order valence-corrected chi connectivity index (χ4v) is 1.92. The number of hydrogen-bond acceptors (Lipinski definition) is 5. The highest BCUT2D eigenvalue weighted by Gasteiger charge is 2.35. The summed E-state index contributed by atoms with van der Waals surface area (Å²) in [7, 11) is 0. The van der Waals surface area contributed by atoms with Gasteiger partial charge in [-0.05, 0) is 6.72 Å². The summed E-state index contributed by atoms with van der Waals surface area (Å²) in [6.45, 7) is 3.09. The lowest BCUT2D eigenvalue weighted by Crippen LogP contribution is -2.34. The molecule has 1 aromatic rings. The summed E-state index contributed by atoms with van der Waals surface area (Å²) in [5, 5.41) is 9.07. The van der Waals surface area contributed by atoms with Crippen molar-refractivity contribution in [2.75, 3.05) is 6.61 Å². The van der Waals surface area contributed by atoms with Crippen LogP contribution >= 0.6 is 0 Å². The average Bonchev–Trinajstić information content (AvgIpc) is 2.76. The van der Waals surface area contributed by atoms with Gasteiger partial charge in [0.2, 0.25) is 5.82 Å². The van der Waals surface area contributed by atoms with E-state index in [1.54, 1.807) is 0 Å². The van der Waals surface area contributed by atoms with Crippen molar-refractivity contribution in [1.82, 2.24) is 9.55 Å². The Morgan fingerprint density at radius 2 is 2.39 bits per heavy atom. The summed E-state index contributed by atoms with van der Waals surface area (Å²) >= 11 is 0. The van der Waals surface area contributed by atoms with E-state index in [4.69, 9.17) is 9.84 Å². The predicted octanol–water partition coefficient (Wildman–Crippen LogP) is -0.975. The maximum atomic E-state index is 13.1. The quantitative estimate of drug-likeness (QED) is 0.680. The van der Waals surface area contributed by atoms with Gasteiger partial charge in [-0.2, -0.15) is 4.39 Å². The van der Waals surface area contributed by atoms with E-state index in [0.717, 1.165) is 10.8 Å². The SMILES string of the molecule is C=NC1CC(n2cc(F)c(=O)[nH]c2=O)OC1CO. The molecule has 1 saturated heterocycles. The normalized spacial score (nSPS) is 27.3. The summed E-state index contributed by atoms with van der Waals surface area (Å²) in [5.41, 5.74) is -1.85. The first-order chi connectivity index (χ1) is 8.56. The van der Waals surface area contributed by atoms with Gasteiger partial charge < -0.3 is 9.84 Å². The molecule has 0 aliphatic carbocycles. The van der Waals surface area contributed by atoms with E-state index in [2.05, 4.69) is 11.7 Å². The first-order valence-electron chi connectivity index (χ1n) is 5.30. The van der Waals surface area contributed by atoms with E-state index in [9.17, 15) is 14.0 Å². The third kappa shape index (κ3) is 2.12. The van der Waals surface area contributed by atoms with Crippen LogP contribution in [0.1, 0.15) is 12.6 Å². The monoisotopic (exact) mass is 257 g/mol. The molecule has 3 unspecified atom stereocenters. The van der Waals surface area contributed by atoms with E-state index >= 15 is 0 Å². The van der Waals surface area contributed by atoms with Crippen molar-refractivity contribution < 1.29 is 14.2 Å². The van der Waals surface area contributed by atoms with Gasteiger partial charge in [0, 0.05) is 6.42 Å². The third-order valence-corrected chi connectivity index (χ3v) is 2.85. The standard InChI is InChI=1S/C10H12FN3O4/c1-12-6-2-8(18-7(6)4-15)14-3-5(11)9(16)13-10(14)17/h3,6-8,15H,1-2,4H2,(H,13,16,17). The van der Waals surface area contributed by atoms with Gasteiger partial charge in [-0.25, -0.2) is 4.79 Å². The third-order valence-electron chi connectivity index (χ3n) is 2.85. The summed E-state index contributed by atoms with van der Waals surface area (Å²) in [4.78, 5) is 28.0. The van der Waals surface area contributed by atoms with E-state index in [-0.39, 0.29) is 19.1 Å². The Bertz CT molecular complexity index is 567. The van der Waals surface area contributed by atoms with Crippen molar-refractivity contribution in [3.8, 4) is 0 Å². The van der Waals surface area contributed by atoms with Crippen LogP contribution in [0, 0.1) is 5.82 Å². The van der Waals surface area contributed by atoms with Gasteiger partial charge in [0.25, 0.3) is 5.56 Å². The van der Waals surface area contributed by atoms with Crippen LogP contribution in [0.15, 0.2) is 20.8 Å². The molecule has 2 heterocycles. The number of aliphatic hydroxyl groups is 1. The molecule has 1 aliphatic rings. The topological polar surface area (TPSA) is 96.7 Å². The molecule has 0 bridgehead atoms. The van der Waals surface area contributed by atoms with Crippen molar-refractivity contribution >= 4 is 6.72 Å². The molecule has 0 radical (unpaired) electrons.